The van der Waals surface area contributed by atoms with Crippen LogP contribution in [-0.4, -0.2) is 182 Å². The Hall–Kier alpha value is -1.12. The molecule has 0 aromatic carbocycles. The summed E-state index contributed by atoms with van der Waals surface area (Å²) in [5.41, 5.74) is -0.858. The molecule has 64 heavy (non-hydrogen) atoms. The van der Waals surface area contributed by atoms with Crippen molar-refractivity contribution in [2.24, 2.45) is 0 Å². The van der Waals surface area contributed by atoms with E-state index in [-0.39, 0.29) is 67.1 Å². The Kier molecular flexibility index (Phi) is 45.1. The smallest absolute Gasteiger partial charge is 1.00 e. The van der Waals surface area contributed by atoms with Gasteiger partial charge >= 0.3 is 41.5 Å². The molecule has 0 unspecified atom stereocenters. The van der Waals surface area contributed by atoms with Gasteiger partial charge in [-0.25, -0.2) is 14.8 Å². The molecule has 0 aliphatic carbocycles. The SMILES string of the molecule is CC(C)(C)OC(=O)CBr.CC(C)(C)OC(=O)COCCOCCOCCOCCOCCOc1cc(Br)ccn1.OCCOCCOCCOCCOCCOc1cc(Br)ccn1.[H-].[Na+]. The monoisotopic (exact) mass is 1120 g/mol. The maximum Gasteiger partial charge on any atom is 1.00 e. The largest absolute Gasteiger partial charge is 1.00 e. The van der Waals surface area contributed by atoms with Crippen molar-refractivity contribution in [3.8, 4) is 11.8 Å². The maximum atomic E-state index is 11.4. The molecule has 0 aliphatic rings. The van der Waals surface area contributed by atoms with Crippen LogP contribution < -0.4 is 39.0 Å². The van der Waals surface area contributed by atoms with Crippen LogP contribution in [-0.2, 0) is 61.7 Å². The number of rotatable bonds is 34. The van der Waals surface area contributed by atoms with E-state index in [1.54, 1.807) is 24.5 Å². The minimum absolute atomic E-state index is 0. The molecule has 0 aliphatic heterocycles. The average Bonchev–Trinajstić information content (AvgIpc) is 3.21. The summed E-state index contributed by atoms with van der Waals surface area (Å²) in [5, 5.41) is 8.77. The van der Waals surface area contributed by atoms with Crippen LogP contribution in [0.4, 0.5) is 0 Å². The molecule has 2 aromatic heterocycles. The van der Waals surface area contributed by atoms with Gasteiger partial charge in [-0.3, -0.25) is 4.79 Å². The summed E-state index contributed by atoms with van der Waals surface area (Å²) in [6.45, 7) is 19.7. The first-order chi connectivity index (χ1) is 30.1. The van der Waals surface area contributed by atoms with Gasteiger partial charge < -0.3 is 68.1 Å². The zero-order chi connectivity index (χ0) is 46.9. The average molecular weight is 1120 g/mol. The van der Waals surface area contributed by atoms with Gasteiger partial charge in [-0.15, -0.1) is 0 Å². The van der Waals surface area contributed by atoms with Crippen LogP contribution in [0.2, 0.25) is 0 Å². The van der Waals surface area contributed by atoms with Crippen LogP contribution >= 0.6 is 47.8 Å². The normalized spacial score (nSPS) is 11.0. The third-order valence-corrected chi connectivity index (χ3v) is 7.80. The molecule has 366 valence electrons. The van der Waals surface area contributed by atoms with Crippen LogP contribution in [0.15, 0.2) is 45.6 Å². The molecule has 2 aromatic rings. The van der Waals surface area contributed by atoms with Gasteiger partial charge in [-0.1, -0.05) is 47.8 Å². The number of aliphatic hydroxyl groups excluding tert-OH is 1. The van der Waals surface area contributed by atoms with Gasteiger partial charge in [0.05, 0.1) is 119 Å². The zero-order valence-corrected chi connectivity index (χ0v) is 45.4. The van der Waals surface area contributed by atoms with Crippen molar-refractivity contribution >= 4 is 59.7 Å². The van der Waals surface area contributed by atoms with E-state index in [0.717, 1.165) is 8.95 Å². The second kappa shape index (κ2) is 44.4. The molecular formula is C42H70Br3N2NaO16. The Bertz CT molecular complexity index is 1400. The predicted octanol–water partition coefficient (Wildman–Crippen LogP) is 2.77. The molecule has 1 N–H and O–H groups in total. The quantitative estimate of drug-likeness (QED) is 0.0464. The third-order valence-electron chi connectivity index (χ3n) is 6.36. The summed E-state index contributed by atoms with van der Waals surface area (Å²) in [5.74, 6) is 0.526. The minimum atomic E-state index is -0.502. The van der Waals surface area contributed by atoms with E-state index in [9.17, 15) is 9.59 Å². The number of esters is 2. The van der Waals surface area contributed by atoms with Gasteiger partial charge in [-0.05, 0) is 53.7 Å². The molecule has 22 heteroatoms. The summed E-state index contributed by atoms with van der Waals surface area (Å²) >= 11 is 9.70. The number of aliphatic hydroxyl groups is 1. The van der Waals surface area contributed by atoms with E-state index in [2.05, 4.69) is 57.8 Å². The predicted molar refractivity (Wildman–Crippen MR) is 246 cm³/mol. The van der Waals surface area contributed by atoms with Crippen molar-refractivity contribution in [1.29, 1.82) is 0 Å². The van der Waals surface area contributed by atoms with Crippen molar-refractivity contribution in [3.63, 3.8) is 0 Å². The van der Waals surface area contributed by atoms with E-state index < -0.39 is 5.60 Å². The van der Waals surface area contributed by atoms with Gasteiger partial charge in [-0.2, -0.15) is 0 Å². The van der Waals surface area contributed by atoms with Crippen LogP contribution in [0, 0.1) is 0 Å². The molecule has 0 saturated heterocycles. The number of hydrogen-bond acceptors (Lipinski definition) is 18. The topological polar surface area (TPSA) is 200 Å². The molecule has 0 spiro atoms. The van der Waals surface area contributed by atoms with Gasteiger partial charge in [0.1, 0.15) is 36.4 Å². The molecule has 18 nitrogen and oxygen atoms in total. The summed E-state index contributed by atoms with van der Waals surface area (Å²) in [4.78, 5) is 30.1. The first-order valence-electron chi connectivity index (χ1n) is 20.4. The fourth-order valence-corrected chi connectivity index (χ4v) is 4.68. The molecule has 0 atom stereocenters. The van der Waals surface area contributed by atoms with Gasteiger partial charge in [0.25, 0.3) is 0 Å². The van der Waals surface area contributed by atoms with Crippen molar-refractivity contribution < 1.29 is 107 Å². The number of ether oxygens (including phenoxy) is 13. The second-order valence-corrected chi connectivity index (χ2v) is 16.7. The van der Waals surface area contributed by atoms with Crippen molar-refractivity contribution in [2.45, 2.75) is 52.7 Å². The Labute approximate surface area is 428 Å². The third kappa shape index (κ3) is 48.8. The molecular weight excluding hydrogens is 1050 g/mol. The Morgan fingerprint density at radius 1 is 0.516 bits per heavy atom. The van der Waals surface area contributed by atoms with Crippen LogP contribution in [0.5, 0.6) is 11.8 Å². The number of nitrogens with zero attached hydrogens (tertiary/aromatic N) is 2. The second-order valence-electron chi connectivity index (χ2n) is 14.3. The Balaban J connectivity index is -0.000000993. The van der Waals surface area contributed by atoms with Crippen molar-refractivity contribution in [3.05, 3.63) is 45.6 Å². The van der Waals surface area contributed by atoms with Crippen LogP contribution in [0.3, 0.4) is 0 Å². The molecule has 2 heterocycles. The first-order valence-corrected chi connectivity index (χ1v) is 23.1. The number of hydrogen-bond donors (Lipinski definition) is 1. The standard InChI is InChI=1S/C21H34BrNO8.C15H24BrNO6.C6H11BrO2.Na.H/c1-21(2,3)31-20(24)17-29-13-12-27-9-8-25-6-7-26-10-11-28-14-15-30-19-16-18(22)4-5-23-19;16-14-1-2-17-15(13-14)23-12-11-22-10-9-21-8-7-20-6-5-19-4-3-18;1-6(2,3)9-5(8)4-7;;/h4-5,16H,6-15,17H2,1-3H3;1-2,13,18H,3-12H2;4H2,1-3H3;;/q;;;+1;-1. The number of alkyl halides is 1. The number of pyridine rings is 2. The maximum absolute atomic E-state index is 11.4. The summed E-state index contributed by atoms with van der Waals surface area (Å²) in [6.07, 6.45) is 3.35. The molecule has 0 saturated carbocycles. The van der Waals surface area contributed by atoms with E-state index in [4.69, 9.17) is 66.7 Å². The summed E-state index contributed by atoms with van der Waals surface area (Å²) < 4.78 is 70.6. The van der Waals surface area contributed by atoms with E-state index in [1.165, 1.54) is 0 Å². The fraction of sp³-hybridized carbons (Fsp3) is 0.714. The molecule has 0 fully saturated rings. The van der Waals surface area contributed by atoms with Crippen molar-refractivity contribution in [1.82, 2.24) is 9.97 Å². The molecule has 0 bridgehead atoms. The fourth-order valence-electron chi connectivity index (χ4n) is 3.94. The van der Waals surface area contributed by atoms with E-state index in [0.29, 0.717) is 137 Å². The van der Waals surface area contributed by atoms with Crippen LogP contribution in [0.1, 0.15) is 43.0 Å². The zero-order valence-electron chi connectivity index (χ0n) is 39.6. The van der Waals surface area contributed by atoms with Gasteiger partial charge in [0, 0.05) is 33.5 Å². The first kappa shape index (κ1) is 65.0. The van der Waals surface area contributed by atoms with E-state index >= 15 is 0 Å². The minimum Gasteiger partial charge on any atom is -1.00 e. The molecule has 0 amide bonds. The molecule has 0 radical (unpaired) electrons. The van der Waals surface area contributed by atoms with Crippen molar-refractivity contribution in [2.75, 3.05) is 144 Å². The Morgan fingerprint density at radius 2 is 0.812 bits per heavy atom. The Morgan fingerprint density at radius 3 is 1.09 bits per heavy atom. The summed E-state index contributed by atoms with van der Waals surface area (Å²) in [6, 6.07) is 7.28. The number of halogens is 3. The van der Waals surface area contributed by atoms with Gasteiger partial charge in [0.2, 0.25) is 11.8 Å². The number of carbonyl (C=O) groups excluding carboxylic acids is 2. The van der Waals surface area contributed by atoms with Gasteiger partial charge in [0.15, 0.2) is 0 Å². The summed E-state index contributed by atoms with van der Waals surface area (Å²) in [7, 11) is 0. The number of carbonyl (C=O) groups is 2. The number of aromatic nitrogens is 2. The van der Waals surface area contributed by atoms with Crippen LogP contribution in [0.25, 0.3) is 0 Å². The van der Waals surface area contributed by atoms with E-state index in [1.807, 2.05) is 53.7 Å². The molecule has 2 rings (SSSR count).